The van der Waals surface area contributed by atoms with Gasteiger partial charge < -0.3 is 9.64 Å². The van der Waals surface area contributed by atoms with Crippen LogP contribution in [0.3, 0.4) is 0 Å². The maximum Gasteiger partial charge on any atom is 0.222 e. The maximum absolute atomic E-state index is 12.3. The number of carbonyl (C=O) groups is 1. The zero-order valence-corrected chi connectivity index (χ0v) is 13.3. The SMILES string of the molecule is CC1CN(C(=O)CCCOc2ccccc2)CC(C)N1C. The van der Waals surface area contributed by atoms with Gasteiger partial charge >= 0.3 is 0 Å². The quantitative estimate of drug-likeness (QED) is 0.781. The van der Waals surface area contributed by atoms with Gasteiger partial charge in [0.1, 0.15) is 5.75 Å². The number of likely N-dealkylation sites (N-methyl/N-ethyl adjacent to an activating group) is 1. The molecule has 4 nitrogen and oxygen atoms in total. The first-order valence-electron chi connectivity index (χ1n) is 7.75. The van der Waals surface area contributed by atoms with Crippen molar-refractivity contribution < 1.29 is 9.53 Å². The van der Waals surface area contributed by atoms with Crippen LogP contribution in [0.5, 0.6) is 5.75 Å². The molecule has 2 atom stereocenters. The third kappa shape index (κ3) is 4.46. The van der Waals surface area contributed by atoms with Crippen LogP contribution in [0.2, 0.25) is 0 Å². The van der Waals surface area contributed by atoms with Crippen molar-refractivity contribution in [3.05, 3.63) is 30.3 Å². The van der Waals surface area contributed by atoms with Gasteiger partial charge in [-0.1, -0.05) is 18.2 Å². The lowest BCUT2D eigenvalue weighted by molar-refractivity contribution is -0.135. The molecule has 1 aliphatic heterocycles. The smallest absolute Gasteiger partial charge is 0.222 e. The van der Waals surface area contributed by atoms with E-state index in [9.17, 15) is 4.79 Å². The van der Waals surface area contributed by atoms with E-state index in [1.54, 1.807) is 0 Å². The van der Waals surface area contributed by atoms with Crippen molar-refractivity contribution in [2.24, 2.45) is 0 Å². The standard InChI is InChI=1S/C17H26N2O2/c1-14-12-19(13-15(2)18(14)3)17(20)10-7-11-21-16-8-5-4-6-9-16/h4-6,8-9,14-15H,7,10-13H2,1-3H3. The third-order valence-corrected chi connectivity index (χ3v) is 4.26. The number of ether oxygens (including phenoxy) is 1. The Morgan fingerprint density at radius 2 is 1.81 bits per heavy atom. The van der Waals surface area contributed by atoms with E-state index in [-0.39, 0.29) is 5.91 Å². The Bertz CT molecular complexity index is 437. The molecule has 21 heavy (non-hydrogen) atoms. The number of hydrogen-bond donors (Lipinski definition) is 0. The average Bonchev–Trinajstić information content (AvgIpc) is 2.49. The fraction of sp³-hybridized carbons (Fsp3) is 0.588. The van der Waals surface area contributed by atoms with E-state index in [0.29, 0.717) is 25.1 Å². The van der Waals surface area contributed by atoms with Gasteiger partial charge in [0, 0.05) is 31.6 Å². The predicted octanol–water partition coefficient (Wildman–Crippen LogP) is 2.40. The van der Waals surface area contributed by atoms with Crippen molar-refractivity contribution in [1.82, 2.24) is 9.80 Å². The molecule has 0 aliphatic carbocycles. The molecule has 2 unspecified atom stereocenters. The molecule has 1 aromatic carbocycles. The number of hydrogen-bond acceptors (Lipinski definition) is 3. The maximum atomic E-state index is 12.3. The van der Waals surface area contributed by atoms with Crippen LogP contribution in [0.15, 0.2) is 30.3 Å². The first-order chi connectivity index (χ1) is 10.1. The first kappa shape index (κ1) is 15.8. The molecule has 0 spiro atoms. The van der Waals surface area contributed by atoms with E-state index in [4.69, 9.17) is 4.74 Å². The van der Waals surface area contributed by atoms with Crippen molar-refractivity contribution in [3.63, 3.8) is 0 Å². The molecule has 116 valence electrons. The highest BCUT2D eigenvalue weighted by atomic mass is 16.5. The molecule has 0 saturated carbocycles. The number of carbonyl (C=O) groups excluding carboxylic acids is 1. The van der Waals surface area contributed by atoms with Gasteiger partial charge in [0.2, 0.25) is 5.91 Å². The van der Waals surface area contributed by atoms with Crippen LogP contribution in [0.1, 0.15) is 26.7 Å². The number of benzene rings is 1. The molecule has 1 heterocycles. The second-order valence-corrected chi connectivity index (χ2v) is 5.93. The van der Waals surface area contributed by atoms with Crippen LogP contribution in [0.25, 0.3) is 0 Å². The summed E-state index contributed by atoms with van der Waals surface area (Å²) in [6.45, 7) is 6.61. The topological polar surface area (TPSA) is 32.8 Å². The molecule has 1 fully saturated rings. The Hall–Kier alpha value is -1.55. The lowest BCUT2D eigenvalue weighted by Gasteiger charge is -2.42. The number of nitrogens with zero attached hydrogens (tertiary/aromatic N) is 2. The minimum atomic E-state index is 0.249. The molecule has 0 bridgehead atoms. The van der Waals surface area contributed by atoms with Crippen molar-refractivity contribution in [2.75, 3.05) is 26.7 Å². The Morgan fingerprint density at radius 3 is 2.43 bits per heavy atom. The highest BCUT2D eigenvalue weighted by Gasteiger charge is 2.28. The van der Waals surface area contributed by atoms with E-state index in [0.717, 1.165) is 25.3 Å². The summed E-state index contributed by atoms with van der Waals surface area (Å²) >= 11 is 0. The second kappa shape index (κ2) is 7.46. The van der Waals surface area contributed by atoms with Crippen LogP contribution >= 0.6 is 0 Å². The van der Waals surface area contributed by atoms with Crippen molar-refractivity contribution >= 4 is 5.91 Å². The van der Waals surface area contributed by atoms with E-state index in [1.807, 2.05) is 35.2 Å². The number of para-hydroxylation sites is 1. The Kier molecular flexibility index (Phi) is 5.62. The van der Waals surface area contributed by atoms with E-state index < -0.39 is 0 Å². The summed E-state index contributed by atoms with van der Waals surface area (Å²) in [7, 11) is 2.13. The predicted molar refractivity (Wildman–Crippen MR) is 84.4 cm³/mol. The van der Waals surface area contributed by atoms with Crippen LogP contribution in [0, 0.1) is 0 Å². The summed E-state index contributed by atoms with van der Waals surface area (Å²) < 4.78 is 5.62. The lowest BCUT2D eigenvalue weighted by Crippen LogP contribution is -2.56. The van der Waals surface area contributed by atoms with Gasteiger partial charge in [0.05, 0.1) is 6.61 Å². The molecule has 0 aromatic heterocycles. The van der Waals surface area contributed by atoms with E-state index >= 15 is 0 Å². The summed E-state index contributed by atoms with van der Waals surface area (Å²) in [6, 6.07) is 10.6. The number of piperazine rings is 1. The Morgan fingerprint density at radius 1 is 1.19 bits per heavy atom. The Balaban J connectivity index is 1.70. The molecule has 2 rings (SSSR count). The molecule has 0 radical (unpaired) electrons. The molecular formula is C17H26N2O2. The van der Waals surface area contributed by atoms with Crippen molar-refractivity contribution in [3.8, 4) is 5.75 Å². The fourth-order valence-electron chi connectivity index (χ4n) is 2.70. The first-order valence-corrected chi connectivity index (χ1v) is 7.75. The average molecular weight is 290 g/mol. The zero-order chi connectivity index (χ0) is 15.2. The minimum Gasteiger partial charge on any atom is -0.494 e. The zero-order valence-electron chi connectivity index (χ0n) is 13.3. The second-order valence-electron chi connectivity index (χ2n) is 5.93. The van der Waals surface area contributed by atoms with Gasteiger partial charge in [-0.15, -0.1) is 0 Å². The molecule has 0 N–H and O–H groups in total. The van der Waals surface area contributed by atoms with Gasteiger partial charge in [0.25, 0.3) is 0 Å². The highest BCUT2D eigenvalue weighted by Crippen LogP contribution is 2.15. The largest absolute Gasteiger partial charge is 0.494 e. The lowest BCUT2D eigenvalue weighted by atomic mass is 10.1. The Labute approximate surface area is 127 Å². The van der Waals surface area contributed by atoms with E-state index in [2.05, 4.69) is 25.8 Å². The summed E-state index contributed by atoms with van der Waals surface area (Å²) in [5.74, 6) is 1.12. The van der Waals surface area contributed by atoms with Crippen LogP contribution in [-0.2, 0) is 4.79 Å². The molecule has 1 saturated heterocycles. The summed E-state index contributed by atoms with van der Waals surface area (Å²) in [5.41, 5.74) is 0. The van der Waals surface area contributed by atoms with Gasteiger partial charge in [-0.05, 0) is 39.4 Å². The van der Waals surface area contributed by atoms with Gasteiger partial charge in [-0.25, -0.2) is 0 Å². The van der Waals surface area contributed by atoms with Gasteiger partial charge in [0.15, 0.2) is 0 Å². The monoisotopic (exact) mass is 290 g/mol. The minimum absolute atomic E-state index is 0.249. The molecule has 1 amide bonds. The van der Waals surface area contributed by atoms with Crippen LogP contribution < -0.4 is 4.74 Å². The molecule has 1 aliphatic rings. The van der Waals surface area contributed by atoms with Crippen molar-refractivity contribution in [1.29, 1.82) is 0 Å². The normalized spacial score (nSPS) is 23.1. The van der Waals surface area contributed by atoms with E-state index in [1.165, 1.54) is 0 Å². The van der Waals surface area contributed by atoms with Crippen LogP contribution in [0.4, 0.5) is 0 Å². The van der Waals surface area contributed by atoms with Gasteiger partial charge in [-0.2, -0.15) is 0 Å². The van der Waals surface area contributed by atoms with Crippen LogP contribution in [-0.4, -0.2) is 54.5 Å². The number of rotatable bonds is 5. The fourth-order valence-corrected chi connectivity index (χ4v) is 2.70. The number of amides is 1. The summed E-state index contributed by atoms with van der Waals surface area (Å²) in [6.07, 6.45) is 1.33. The highest BCUT2D eigenvalue weighted by molar-refractivity contribution is 5.76. The molecule has 4 heteroatoms. The molecular weight excluding hydrogens is 264 g/mol. The third-order valence-electron chi connectivity index (χ3n) is 4.26. The summed E-state index contributed by atoms with van der Waals surface area (Å²) in [5, 5.41) is 0. The molecule has 1 aromatic rings. The van der Waals surface area contributed by atoms with Crippen molar-refractivity contribution in [2.45, 2.75) is 38.8 Å². The summed E-state index contributed by atoms with van der Waals surface area (Å²) in [4.78, 5) is 16.6. The van der Waals surface area contributed by atoms with Gasteiger partial charge in [-0.3, -0.25) is 9.69 Å².